The first-order chi connectivity index (χ1) is 10.1. The summed E-state index contributed by atoms with van der Waals surface area (Å²) in [6.07, 6.45) is 0.125. The van der Waals surface area contributed by atoms with E-state index in [1.54, 1.807) is 17.0 Å². The zero-order valence-electron chi connectivity index (χ0n) is 12.2. The molecule has 1 unspecified atom stereocenters. The molecule has 0 fully saturated rings. The second kappa shape index (κ2) is 6.39. The molecule has 0 radical (unpaired) electrons. The highest BCUT2D eigenvalue weighted by molar-refractivity contribution is 6.40. The fourth-order valence-corrected chi connectivity index (χ4v) is 2.34. The number of aliphatic carboxylic acids is 1. The average Bonchev–Trinajstić information content (AvgIpc) is 2.94. The third kappa shape index (κ3) is 3.04. The van der Waals surface area contributed by atoms with Crippen molar-refractivity contribution >= 4 is 23.3 Å². The number of anilines is 1. The number of hydrazone groups is 1. The fourth-order valence-electron chi connectivity index (χ4n) is 2.34. The predicted octanol–water partition coefficient (Wildman–Crippen LogP) is 1.57. The lowest BCUT2D eigenvalue weighted by molar-refractivity contribution is -0.138. The van der Waals surface area contributed by atoms with Crippen molar-refractivity contribution in [1.29, 1.82) is 0 Å². The molecule has 0 aliphatic carbocycles. The van der Waals surface area contributed by atoms with Crippen LogP contribution in [0.1, 0.15) is 20.3 Å². The Morgan fingerprint density at radius 3 is 2.43 bits per heavy atom. The molecule has 1 heterocycles. The van der Waals surface area contributed by atoms with Crippen molar-refractivity contribution in [3.63, 3.8) is 0 Å². The molecule has 1 aromatic rings. The molecule has 6 heteroatoms. The van der Waals surface area contributed by atoms with E-state index in [1.165, 1.54) is 5.01 Å². The van der Waals surface area contributed by atoms with Gasteiger partial charge in [-0.3, -0.25) is 9.80 Å². The Balaban J connectivity index is 2.29. The van der Waals surface area contributed by atoms with Crippen molar-refractivity contribution in [2.75, 3.05) is 18.1 Å². The van der Waals surface area contributed by atoms with Crippen LogP contribution in [-0.2, 0) is 9.59 Å². The largest absolute Gasteiger partial charge is 0.480 e. The Morgan fingerprint density at radius 2 is 1.90 bits per heavy atom. The van der Waals surface area contributed by atoms with Crippen LogP contribution in [0.4, 0.5) is 5.69 Å². The van der Waals surface area contributed by atoms with Gasteiger partial charge < -0.3 is 10.0 Å². The fraction of sp³-hybridized carbons (Fsp3) is 0.400. The van der Waals surface area contributed by atoms with E-state index in [-0.39, 0.29) is 12.3 Å². The summed E-state index contributed by atoms with van der Waals surface area (Å²) >= 11 is 0. The maximum Gasteiger partial charge on any atom is 0.328 e. The molecule has 1 aromatic carbocycles. The topological polar surface area (TPSA) is 73.2 Å². The summed E-state index contributed by atoms with van der Waals surface area (Å²) in [5.74, 6) is -1.17. The van der Waals surface area contributed by atoms with Crippen molar-refractivity contribution in [1.82, 2.24) is 4.90 Å². The van der Waals surface area contributed by atoms with Gasteiger partial charge in [-0.25, -0.2) is 4.79 Å². The molecule has 0 aromatic heterocycles. The van der Waals surface area contributed by atoms with Gasteiger partial charge in [0.25, 0.3) is 5.91 Å². The minimum Gasteiger partial charge on any atom is -0.480 e. The molecular formula is C15H19N3O3. The standard InChI is InChI=1S/C15H19N3O3/c1-3-17(4-2)14(19)12-10-13(15(20)21)18(16-12)11-8-6-5-7-9-11/h5-9,13H,3-4,10H2,1-2H3,(H,20,21). The molecule has 1 aliphatic heterocycles. The molecule has 21 heavy (non-hydrogen) atoms. The lowest BCUT2D eigenvalue weighted by atomic mass is 10.1. The third-order valence-electron chi connectivity index (χ3n) is 3.51. The average molecular weight is 289 g/mol. The van der Waals surface area contributed by atoms with Crippen LogP contribution in [0.25, 0.3) is 0 Å². The summed E-state index contributed by atoms with van der Waals surface area (Å²) in [6, 6.07) is 8.21. The maximum atomic E-state index is 12.3. The molecule has 0 saturated carbocycles. The van der Waals surface area contributed by atoms with Gasteiger partial charge in [0.15, 0.2) is 6.04 Å². The quantitative estimate of drug-likeness (QED) is 0.893. The monoisotopic (exact) mass is 289 g/mol. The van der Waals surface area contributed by atoms with Crippen molar-refractivity contribution < 1.29 is 14.7 Å². The van der Waals surface area contributed by atoms with Crippen LogP contribution in [0, 0.1) is 0 Å². The van der Waals surface area contributed by atoms with Crippen LogP contribution >= 0.6 is 0 Å². The van der Waals surface area contributed by atoms with E-state index in [0.29, 0.717) is 24.5 Å². The number of para-hydroxylation sites is 1. The second-order valence-corrected chi connectivity index (χ2v) is 4.76. The highest BCUT2D eigenvalue weighted by Gasteiger charge is 2.37. The molecule has 112 valence electrons. The van der Waals surface area contributed by atoms with Crippen molar-refractivity contribution in [2.24, 2.45) is 5.10 Å². The Labute approximate surface area is 123 Å². The van der Waals surface area contributed by atoms with Gasteiger partial charge in [-0.05, 0) is 26.0 Å². The number of hydrogen-bond donors (Lipinski definition) is 1. The Morgan fingerprint density at radius 1 is 1.29 bits per heavy atom. The number of benzene rings is 1. The SMILES string of the molecule is CCN(CC)C(=O)C1=NN(c2ccccc2)C(C(=O)O)C1. The number of hydrogen-bond acceptors (Lipinski definition) is 4. The van der Waals surface area contributed by atoms with Gasteiger partial charge in [-0.15, -0.1) is 0 Å². The van der Waals surface area contributed by atoms with Crippen LogP contribution < -0.4 is 5.01 Å². The van der Waals surface area contributed by atoms with Gasteiger partial charge >= 0.3 is 5.97 Å². The summed E-state index contributed by atoms with van der Waals surface area (Å²) in [5, 5.41) is 15.0. The summed E-state index contributed by atoms with van der Waals surface area (Å²) in [4.78, 5) is 25.4. The van der Waals surface area contributed by atoms with Crippen LogP contribution in [0.3, 0.4) is 0 Å². The first-order valence-corrected chi connectivity index (χ1v) is 7.02. The number of carbonyl (C=O) groups is 2. The van der Waals surface area contributed by atoms with Crippen molar-refractivity contribution in [3.05, 3.63) is 30.3 Å². The van der Waals surface area contributed by atoms with Gasteiger partial charge in [-0.1, -0.05) is 18.2 Å². The van der Waals surface area contributed by atoms with Crippen LogP contribution in [0.15, 0.2) is 35.4 Å². The number of carboxylic acid groups (broad SMARTS) is 1. The molecule has 0 bridgehead atoms. The molecule has 1 amide bonds. The molecule has 0 spiro atoms. The summed E-state index contributed by atoms with van der Waals surface area (Å²) in [7, 11) is 0. The second-order valence-electron chi connectivity index (χ2n) is 4.76. The first kappa shape index (κ1) is 15.0. The minimum atomic E-state index is -0.982. The van der Waals surface area contributed by atoms with E-state index in [9.17, 15) is 14.7 Å². The smallest absolute Gasteiger partial charge is 0.328 e. The van der Waals surface area contributed by atoms with E-state index in [4.69, 9.17) is 0 Å². The molecule has 2 rings (SSSR count). The van der Waals surface area contributed by atoms with Gasteiger partial charge in [0.1, 0.15) is 5.71 Å². The highest BCUT2D eigenvalue weighted by Crippen LogP contribution is 2.25. The summed E-state index contributed by atoms with van der Waals surface area (Å²) in [5.41, 5.74) is 0.974. The molecule has 1 atom stereocenters. The lowest BCUT2D eigenvalue weighted by Gasteiger charge is -2.19. The van der Waals surface area contributed by atoms with Crippen LogP contribution in [0.5, 0.6) is 0 Å². The summed E-state index contributed by atoms with van der Waals surface area (Å²) < 4.78 is 0. The molecule has 0 saturated heterocycles. The van der Waals surface area contributed by atoms with Gasteiger partial charge in [-0.2, -0.15) is 5.10 Å². The van der Waals surface area contributed by atoms with Gasteiger partial charge in [0, 0.05) is 19.5 Å². The summed E-state index contributed by atoms with van der Waals surface area (Å²) in [6.45, 7) is 4.94. The first-order valence-electron chi connectivity index (χ1n) is 7.02. The number of nitrogens with zero attached hydrogens (tertiary/aromatic N) is 3. The van der Waals surface area contributed by atoms with Crippen LogP contribution in [0.2, 0.25) is 0 Å². The van der Waals surface area contributed by atoms with E-state index in [1.807, 2.05) is 32.0 Å². The van der Waals surface area contributed by atoms with E-state index in [2.05, 4.69) is 5.10 Å². The van der Waals surface area contributed by atoms with Gasteiger partial charge in [0.2, 0.25) is 0 Å². The molecule has 1 N–H and O–H groups in total. The van der Waals surface area contributed by atoms with Gasteiger partial charge in [0.05, 0.1) is 5.69 Å². The maximum absolute atomic E-state index is 12.3. The van der Waals surface area contributed by atoms with E-state index in [0.717, 1.165) is 0 Å². The molecule has 1 aliphatic rings. The van der Waals surface area contributed by atoms with Crippen molar-refractivity contribution in [3.8, 4) is 0 Å². The number of carbonyl (C=O) groups excluding carboxylic acids is 1. The highest BCUT2D eigenvalue weighted by atomic mass is 16.4. The molecular weight excluding hydrogens is 270 g/mol. The third-order valence-corrected chi connectivity index (χ3v) is 3.51. The van der Waals surface area contributed by atoms with E-state index >= 15 is 0 Å². The lowest BCUT2D eigenvalue weighted by Crippen LogP contribution is -2.37. The van der Waals surface area contributed by atoms with Crippen LogP contribution in [-0.4, -0.2) is 46.7 Å². The van der Waals surface area contributed by atoms with E-state index < -0.39 is 12.0 Å². The zero-order chi connectivity index (χ0) is 15.4. The normalized spacial score (nSPS) is 17.5. The van der Waals surface area contributed by atoms with Crippen molar-refractivity contribution in [2.45, 2.75) is 26.3 Å². The number of amides is 1. The number of carboxylic acids is 1. The Hall–Kier alpha value is -2.37. The minimum absolute atomic E-state index is 0.125. The molecule has 6 nitrogen and oxygen atoms in total. The predicted molar refractivity (Wildman–Crippen MR) is 80.3 cm³/mol. The zero-order valence-corrected chi connectivity index (χ0v) is 12.2. The Bertz CT molecular complexity index is 553. The Kier molecular flexibility index (Phi) is 4.57. The number of rotatable bonds is 5.